The first-order valence-electron chi connectivity index (χ1n) is 6.41. The molecule has 1 fully saturated rings. The van der Waals surface area contributed by atoms with Crippen LogP contribution in [-0.2, 0) is 0 Å². The fourth-order valence-electron chi connectivity index (χ4n) is 2.18. The molecule has 0 atom stereocenters. The van der Waals surface area contributed by atoms with Crippen molar-refractivity contribution < 1.29 is 4.74 Å². The van der Waals surface area contributed by atoms with Crippen molar-refractivity contribution in [1.82, 2.24) is 9.88 Å². The Bertz CT molecular complexity index is 649. The third kappa shape index (κ3) is 2.60. The second-order valence-corrected chi connectivity index (χ2v) is 5.11. The van der Waals surface area contributed by atoms with Crippen LogP contribution >= 0.6 is 11.6 Å². The molecule has 1 saturated heterocycles. The molecule has 5 heteroatoms. The third-order valence-corrected chi connectivity index (χ3v) is 3.72. The van der Waals surface area contributed by atoms with Gasteiger partial charge in [-0.15, -0.1) is 0 Å². The van der Waals surface area contributed by atoms with Crippen molar-refractivity contribution in [3.8, 4) is 5.88 Å². The molecule has 1 N–H and O–H groups in total. The minimum atomic E-state index is -0.0739. The van der Waals surface area contributed by atoms with Gasteiger partial charge < -0.3 is 9.72 Å². The van der Waals surface area contributed by atoms with Gasteiger partial charge in [-0.05, 0) is 31.6 Å². The number of hydrogen-bond acceptors (Lipinski definition) is 3. The quantitative estimate of drug-likeness (QED) is 0.933. The fourth-order valence-corrected chi connectivity index (χ4v) is 2.40. The summed E-state index contributed by atoms with van der Waals surface area (Å²) in [5.74, 6) is 0.478. The molecule has 19 heavy (non-hydrogen) atoms. The number of nitrogens with one attached hydrogen (secondary N) is 1. The van der Waals surface area contributed by atoms with E-state index in [0.717, 1.165) is 19.6 Å². The van der Waals surface area contributed by atoms with Gasteiger partial charge in [0.1, 0.15) is 6.61 Å². The Hall–Kier alpha value is -1.52. The first kappa shape index (κ1) is 12.5. The Morgan fingerprint density at radius 1 is 1.37 bits per heavy atom. The smallest absolute Gasteiger partial charge is 0.195 e. The molecule has 2 heterocycles. The maximum absolute atomic E-state index is 11.9. The van der Waals surface area contributed by atoms with Crippen LogP contribution in [0.5, 0.6) is 5.88 Å². The van der Waals surface area contributed by atoms with Crippen molar-refractivity contribution in [3.05, 3.63) is 39.5 Å². The summed E-state index contributed by atoms with van der Waals surface area (Å²) in [7, 11) is 0. The van der Waals surface area contributed by atoms with E-state index in [-0.39, 0.29) is 5.43 Å². The molecule has 1 aromatic heterocycles. The molecule has 1 aromatic carbocycles. The average molecular weight is 279 g/mol. The summed E-state index contributed by atoms with van der Waals surface area (Å²) in [6.07, 6.45) is 1.27. The van der Waals surface area contributed by atoms with E-state index in [0.29, 0.717) is 28.4 Å². The number of halogens is 1. The van der Waals surface area contributed by atoms with Crippen LogP contribution in [0, 0.1) is 0 Å². The van der Waals surface area contributed by atoms with Crippen LogP contribution in [-0.4, -0.2) is 36.1 Å². The Morgan fingerprint density at radius 3 is 2.95 bits per heavy atom. The zero-order chi connectivity index (χ0) is 13.2. The molecule has 2 aromatic rings. The molecule has 0 saturated carbocycles. The van der Waals surface area contributed by atoms with Crippen LogP contribution in [0.15, 0.2) is 29.1 Å². The molecule has 100 valence electrons. The van der Waals surface area contributed by atoms with E-state index in [1.165, 1.54) is 12.5 Å². The Balaban J connectivity index is 1.79. The predicted octanol–water partition coefficient (Wildman–Crippen LogP) is 2.27. The van der Waals surface area contributed by atoms with E-state index in [4.69, 9.17) is 16.3 Å². The first-order valence-corrected chi connectivity index (χ1v) is 6.78. The molecule has 0 unspecified atom stereocenters. The van der Waals surface area contributed by atoms with Crippen molar-refractivity contribution in [2.75, 3.05) is 26.2 Å². The summed E-state index contributed by atoms with van der Waals surface area (Å²) in [6.45, 7) is 3.75. The maximum atomic E-state index is 11.9. The number of benzene rings is 1. The predicted molar refractivity (Wildman–Crippen MR) is 76.1 cm³/mol. The molecule has 0 spiro atoms. The largest absolute Gasteiger partial charge is 0.477 e. The summed E-state index contributed by atoms with van der Waals surface area (Å²) in [5, 5.41) is 1.12. The van der Waals surface area contributed by atoms with Gasteiger partial charge in [0.25, 0.3) is 0 Å². The lowest BCUT2D eigenvalue weighted by Gasteiger charge is -2.30. The number of nitrogens with zero attached hydrogens (tertiary/aromatic N) is 1. The lowest BCUT2D eigenvalue weighted by Crippen LogP contribution is -2.39. The van der Waals surface area contributed by atoms with E-state index >= 15 is 0 Å². The number of hydrogen-bond donors (Lipinski definition) is 1. The number of rotatable bonds is 4. The minimum Gasteiger partial charge on any atom is -0.477 e. The zero-order valence-electron chi connectivity index (χ0n) is 10.5. The minimum absolute atomic E-state index is 0.0739. The molecule has 0 bridgehead atoms. The molecule has 0 amide bonds. The normalized spacial score (nSPS) is 15.4. The summed E-state index contributed by atoms with van der Waals surface area (Å²) in [5.41, 5.74) is 0.561. The van der Waals surface area contributed by atoms with Crippen LogP contribution in [0.4, 0.5) is 0 Å². The van der Waals surface area contributed by atoms with Gasteiger partial charge in [-0.2, -0.15) is 0 Å². The highest BCUT2D eigenvalue weighted by Gasteiger charge is 2.13. The molecule has 0 aliphatic carbocycles. The van der Waals surface area contributed by atoms with Crippen LogP contribution in [0.3, 0.4) is 0 Å². The molecule has 1 aliphatic heterocycles. The number of H-pyrrole nitrogens is 1. The van der Waals surface area contributed by atoms with Crippen LogP contribution in [0.25, 0.3) is 10.9 Å². The van der Waals surface area contributed by atoms with Crippen molar-refractivity contribution in [2.24, 2.45) is 0 Å². The van der Waals surface area contributed by atoms with Crippen molar-refractivity contribution in [2.45, 2.75) is 6.42 Å². The van der Waals surface area contributed by atoms with E-state index in [1.54, 1.807) is 18.2 Å². The van der Waals surface area contributed by atoms with Gasteiger partial charge in [-0.3, -0.25) is 9.69 Å². The fraction of sp³-hybridized carbons (Fsp3) is 0.357. The SMILES string of the molecule is O=c1cc(OCCN2CCC2)[nH]c2c(Cl)cccc12. The van der Waals surface area contributed by atoms with E-state index < -0.39 is 0 Å². The second-order valence-electron chi connectivity index (χ2n) is 4.70. The monoisotopic (exact) mass is 278 g/mol. The third-order valence-electron chi connectivity index (χ3n) is 3.40. The lowest BCUT2D eigenvalue weighted by molar-refractivity contribution is 0.145. The highest BCUT2D eigenvalue weighted by molar-refractivity contribution is 6.35. The van der Waals surface area contributed by atoms with Crippen LogP contribution < -0.4 is 10.2 Å². The van der Waals surface area contributed by atoms with E-state index in [2.05, 4.69) is 9.88 Å². The molecular weight excluding hydrogens is 264 g/mol. The molecule has 1 aliphatic rings. The summed E-state index contributed by atoms with van der Waals surface area (Å²) < 4.78 is 5.60. The van der Waals surface area contributed by atoms with Crippen LogP contribution in [0.1, 0.15) is 6.42 Å². The van der Waals surface area contributed by atoms with Gasteiger partial charge in [-0.1, -0.05) is 17.7 Å². The Morgan fingerprint density at radius 2 is 2.21 bits per heavy atom. The van der Waals surface area contributed by atoms with Gasteiger partial charge >= 0.3 is 0 Å². The Labute approximate surface area is 115 Å². The zero-order valence-corrected chi connectivity index (χ0v) is 11.2. The van der Waals surface area contributed by atoms with Crippen molar-refractivity contribution in [1.29, 1.82) is 0 Å². The van der Waals surface area contributed by atoms with Gasteiger partial charge in [0.15, 0.2) is 11.3 Å². The Kier molecular flexibility index (Phi) is 3.44. The highest BCUT2D eigenvalue weighted by Crippen LogP contribution is 2.21. The first-order chi connectivity index (χ1) is 9.24. The van der Waals surface area contributed by atoms with Crippen LogP contribution in [0.2, 0.25) is 5.02 Å². The van der Waals surface area contributed by atoms with Gasteiger partial charge in [0, 0.05) is 18.0 Å². The molecule has 4 nitrogen and oxygen atoms in total. The lowest BCUT2D eigenvalue weighted by atomic mass is 10.2. The summed E-state index contributed by atoms with van der Waals surface area (Å²) in [4.78, 5) is 17.3. The molecular formula is C14H15ClN2O2. The average Bonchev–Trinajstić information content (AvgIpc) is 2.34. The number of pyridine rings is 1. The van der Waals surface area contributed by atoms with Crippen molar-refractivity contribution >= 4 is 22.5 Å². The van der Waals surface area contributed by atoms with Gasteiger partial charge in [-0.25, -0.2) is 0 Å². The number of fused-ring (bicyclic) bond motifs is 1. The topological polar surface area (TPSA) is 45.3 Å². The maximum Gasteiger partial charge on any atom is 0.195 e. The summed E-state index contributed by atoms with van der Waals surface area (Å²) >= 11 is 6.08. The number of aromatic amines is 1. The molecule has 0 radical (unpaired) electrons. The molecule has 3 rings (SSSR count). The van der Waals surface area contributed by atoms with Gasteiger partial charge in [0.2, 0.25) is 0 Å². The number of ether oxygens (including phenoxy) is 1. The number of aromatic nitrogens is 1. The van der Waals surface area contributed by atoms with E-state index in [1.807, 2.05) is 0 Å². The number of likely N-dealkylation sites (tertiary alicyclic amines) is 1. The number of para-hydroxylation sites is 1. The summed E-state index contributed by atoms with van der Waals surface area (Å²) in [6, 6.07) is 6.76. The highest BCUT2D eigenvalue weighted by atomic mass is 35.5. The van der Waals surface area contributed by atoms with E-state index in [9.17, 15) is 4.79 Å². The second kappa shape index (κ2) is 5.23. The van der Waals surface area contributed by atoms with Gasteiger partial charge in [0.05, 0.1) is 10.5 Å². The standard InChI is InChI=1S/C14H15ClN2O2/c15-11-4-1-3-10-12(18)9-13(16-14(10)11)19-8-7-17-5-2-6-17/h1,3-4,9H,2,5-8H2,(H,16,18). The van der Waals surface area contributed by atoms with Crippen molar-refractivity contribution in [3.63, 3.8) is 0 Å².